The van der Waals surface area contributed by atoms with Crippen LogP contribution in [0.1, 0.15) is 37.3 Å². The van der Waals surface area contributed by atoms with Crippen molar-refractivity contribution in [1.82, 2.24) is 10.2 Å². The highest BCUT2D eigenvalue weighted by molar-refractivity contribution is 7.98. The lowest BCUT2D eigenvalue weighted by atomic mass is 9.90. The minimum Gasteiger partial charge on any atom is -0.314 e. The summed E-state index contributed by atoms with van der Waals surface area (Å²) in [5.74, 6) is 0.869. The quantitative estimate of drug-likeness (QED) is 0.799. The maximum absolute atomic E-state index is 3.48. The fourth-order valence-electron chi connectivity index (χ4n) is 3.82. The van der Waals surface area contributed by atoms with E-state index in [1.54, 1.807) is 0 Å². The van der Waals surface area contributed by atoms with E-state index in [4.69, 9.17) is 0 Å². The van der Waals surface area contributed by atoms with E-state index in [1.165, 1.54) is 49.2 Å². The molecule has 0 amide bonds. The molecule has 0 bridgehead atoms. The first-order valence-electron chi connectivity index (χ1n) is 7.97. The van der Waals surface area contributed by atoms with E-state index in [9.17, 15) is 0 Å². The minimum atomic E-state index is 0. The molecule has 1 N–H and O–H groups in total. The zero-order valence-corrected chi connectivity index (χ0v) is 15.7. The number of piperazine rings is 1. The SMILES string of the molecule is CSc1ccc([C@H](C2CCCC2)N2CCNCC2)cc1.Cl.Cl. The van der Waals surface area contributed by atoms with Gasteiger partial charge < -0.3 is 5.32 Å². The maximum atomic E-state index is 3.48. The number of benzene rings is 1. The summed E-state index contributed by atoms with van der Waals surface area (Å²) in [5.41, 5.74) is 1.54. The summed E-state index contributed by atoms with van der Waals surface area (Å²) in [6.45, 7) is 4.69. The van der Waals surface area contributed by atoms with Crippen LogP contribution in [-0.4, -0.2) is 37.3 Å². The Morgan fingerprint density at radius 2 is 1.64 bits per heavy atom. The molecule has 5 heteroatoms. The van der Waals surface area contributed by atoms with Gasteiger partial charge in [-0.15, -0.1) is 36.6 Å². The van der Waals surface area contributed by atoms with Crippen LogP contribution in [0, 0.1) is 5.92 Å². The van der Waals surface area contributed by atoms with Crippen LogP contribution in [0.5, 0.6) is 0 Å². The molecular formula is C17H28Cl2N2S. The number of thioether (sulfide) groups is 1. The third kappa shape index (κ3) is 4.78. The standard InChI is InChI=1S/C17H26N2S.2ClH/c1-20-16-8-6-15(7-9-16)17(14-4-2-3-5-14)19-12-10-18-11-13-19;;/h6-9,14,17-18H,2-5,10-13H2,1H3;2*1H/t17-;;/m0../s1. The summed E-state index contributed by atoms with van der Waals surface area (Å²) in [6.07, 6.45) is 7.84. The van der Waals surface area contributed by atoms with Crippen molar-refractivity contribution in [2.45, 2.75) is 36.6 Å². The van der Waals surface area contributed by atoms with Gasteiger partial charge in [-0.1, -0.05) is 25.0 Å². The Morgan fingerprint density at radius 3 is 2.18 bits per heavy atom. The van der Waals surface area contributed by atoms with E-state index in [0.29, 0.717) is 6.04 Å². The van der Waals surface area contributed by atoms with Gasteiger partial charge in [-0.3, -0.25) is 4.90 Å². The van der Waals surface area contributed by atoms with Crippen molar-refractivity contribution in [2.24, 2.45) is 5.92 Å². The molecule has 1 aliphatic heterocycles. The highest BCUT2D eigenvalue weighted by atomic mass is 35.5. The summed E-state index contributed by atoms with van der Waals surface area (Å²) < 4.78 is 0. The summed E-state index contributed by atoms with van der Waals surface area (Å²) in [4.78, 5) is 4.10. The van der Waals surface area contributed by atoms with Gasteiger partial charge in [0.2, 0.25) is 0 Å². The molecule has 22 heavy (non-hydrogen) atoms. The number of rotatable bonds is 4. The van der Waals surface area contributed by atoms with Crippen molar-refractivity contribution < 1.29 is 0 Å². The molecule has 1 aromatic carbocycles. The molecule has 126 valence electrons. The zero-order chi connectivity index (χ0) is 13.8. The third-order valence-corrected chi connectivity index (χ3v) is 5.59. The minimum absolute atomic E-state index is 0. The molecule has 1 heterocycles. The fourth-order valence-corrected chi connectivity index (χ4v) is 4.22. The summed E-state index contributed by atoms with van der Waals surface area (Å²) >= 11 is 1.83. The van der Waals surface area contributed by atoms with Gasteiger partial charge in [0.05, 0.1) is 0 Å². The van der Waals surface area contributed by atoms with Crippen molar-refractivity contribution >= 4 is 36.6 Å². The van der Waals surface area contributed by atoms with Crippen molar-refractivity contribution in [3.63, 3.8) is 0 Å². The normalized spacial score (nSPS) is 21.0. The molecule has 1 saturated carbocycles. The maximum Gasteiger partial charge on any atom is 0.0377 e. The lowest BCUT2D eigenvalue weighted by molar-refractivity contribution is 0.125. The molecule has 0 unspecified atom stereocenters. The van der Waals surface area contributed by atoms with Crippen molar-refractivity contribution in [3.8, 4) is 0 Å². The Bertz CT molecular complexity index is 415. The molecule has 1 saturated heterocycles. The first kappa shape index (κ1) is 20.1. The van der Waals surface area contributed by atoms with Crippen LogP contribution in [0.3, 0.4) is 0 Å². The van der Waals surface area contributed by atoms with Gasteiger partial charge in [0.1, 0.15) is 0 Å². The van der Waals surface area contributed by atoms with Gasteiger partial charge in [0, 0.05) is 37.1 Å². The van der Waals surface area contributed by atoms with Gasteiger partial charge in [-0.05, 0) is 42.7 Å². The predicted molar refractivity (Wildman–Crippen MR) is 102 cm³/mol. The summed E-state index contributed by atoms with van der Waals surface area (Å²) in [6, 6.07) is 9.98. The van der Waals surface area contributed by atoms with Crippen LogP contribution < -0.4 is 5.32 Å². The summed E-state index contributed by atoms with van der Waals surface area (Å²) in [7, 11) is 0. The van der Waals surface area contributed by atoms with E-state index in [1.807, 2.05) is 11.8 Å². The average Bonchev–Trinajstić information content (AvgIpc) is 3.03. The van der Waals surface area contributed by atoms with E-state index >= 15 is 0 Å². The Morgan fingerprint density at radius 1 is 1.05 bits per heavy atom. The molecule has 0 aromatic heterocycles. The second kappa shape index (κ2) is 10.0. The van der Waals surface area contributed by atoms with Gasteiger partial charge in [-0.25, -0.2) is 0 Å². The van der Waals surface area contributed by atoms with Crippen LogP contribution in [0.15, 0.2) is 29.2 Å². The molecule has 0 spiro atoms. The van der Waals surface area contributed by atoms with E-state index < -0.39 is 0 Å². The molecule has 2 aliphatic rings. The first-order chi connectivity index (χ1) is 9.88. The Labute approximate surface area is 151 Å². The highest BCUT2D eigenvalue weighted by Gasteiger charge is 2.31. The van der Waals surface area contributed by atoms with Crippen molar-refractivity contribution in [2.75, 3.05) is 32.4 Å². The second-order valence-electron chi connectivity index (χ2n) is 6.05. The fraction of sp³-hybridized carbons (Fsp3) is 0.647. The summed E-state index contributed by atoms with van der Waals surface area (Å²) in [5, 5.41) is 3.48. The van der Waals surface area contributed by atoms with Crippen LogP contribution in [0.4, 0.5) is 0 Å². The van der Waals surface area contributed by atoms with Crippen molar-refractivity contribution in [1.29, 1.82) is 0 Å². The van der Waals surface area contributed by atoms with E-state index in [0.717, 1.165) is 19.0 Å². The molecule has 0 radical (unpaired) electrons. The smallest absolute Gasteiger partial charge is 0.0377 e. The number of hydrogen-bond acceptors (Lipinski definition) is 3. The Kier molecular flexibility index (Phi) is 9.18. The predicted octanol–water partition coefficient (Wildman–Crippen LogP) is 4.39. The van der Waals surface area contributed by atoms with Crippen LogP contribution in [0.2, 0.25) is 0 Å². The Balaban J connectivity index is 0.00000121. The number of hydrogen-bond donors (Lipinski definition) is 1. The molecule has 1 aromatic rings. The number of nitrogens with one attached hydrogen (secondary N) is 1. The largest absolute Gasteiger partial charge is 0.314 e. The van der Waals surface area contributed by atoms with Crippen LogP contribution >= 0.6 is 36.6 Å². The molecule has 2 fully saturated rings. The van der Waals surface area contributed by atoms with Gasteiger partial charge >= 0.3 is 0 Å². The molecule has 1 aliphatic carbocycles. The van der Waals surface area contributed by atoms with E-state index in [-0.39, 0.29) is 24.8 Å². The van der Waals surface area contributed by atoms with Gasteiger partial charge in [-0.2, -0.15) is 0 Å². The topological polar surface area (TPSA) is 15.3 Å². The van der Waals surface area contributed by atoms with Gasteiger partial charge in [0.15, 0.2) is 0 Å². The van der Waals surface area contributed by atoms with E-state index in [2.05, 4.69) is 40.7 Å². The van der Waals surface area contributed by atoms with Crippen LogP contribution in [-0.2, 0) is 0 Å². The second-order valence-corrected chi connectivity index (χ2v) is 6.93. The average molecular weight is 363 g/mol. The van der Waals surface area contributed by atoms with Crippen molar-refractivity contribution in [3.05, 3.63) is 29.8 Å². The molecule has 2 nitrogen and oxygen atoms in total. The zero-order valence-electron chi connectivity index (χ0n) is 13.3. The number of halogens is 2. The molecular weight excluding hydrogens is 335 g/mol. The lowest BCUT2D eigenvalue weighted by Gasteiger charge is -2.38. The lowest BCUT2D eigenvalue weighted by Crippen LogP contribution is -2.46. The Hall–Kier alpha value is 0.0700. The highest BCUT2D eigenvalue weighted by Crippen LogP contribution is 2.39. The monoisotopic (exact) mass is 362 g/mol. The van der Waals surface area contributed by atoms with Crippen LogP contribution in [0.25, 0.3) is 0 Å². The third-order valence-electron chi connectivity index (χ3n) is 4.85. The first-order valence-corrected chi connectivity index (χ1v) is 9.19. The molecule has 3 rings (SSSR count). The number of nitrogens with zero attached hydrogens (tertiary/aromatic N) is 1. The van der Waals surface area contributed by atoms with Gasteiger partial charge in [0.25, 0.3) is 0 Å². The molecule has 1 atom stereocenters.